The van der Waals surface area contributed by atoms with Gasteiger partial charge in [0, 0.05) is 12.1 Å². The number of benzene rings is 2. The van der Waals surface area contributed by atoms with E-state index in [-0.39, 0.29) is 5.91 Å². The minimum absolute atomic E-state index is 0.00127. The molecule has 4 nitrogen and oxygen atoms in total. The van der Waals surface area contributed by atoms with E-state index >= 15 is 0 Å². The van der Waals surface area contributed by atoms with Gasteiger partial charge in [0.1, 0.15) is 5.75 Å². The Bertz CT molecular complexity index is 681. The van der Waals surface area contributed by atoms with Gasteiger partial charge in [-0.25, -0.2) is 0 Å². The first-order chi connectivity index (χ1) is 10.2. The second-order valence-electron chi connectivity index (χ2n) is 5.17. The van der Waals surface area contributed by atoms with E-state index < -0.39 is 6.10 Å². The Morgan fingerprint density at radius 1 is 1.29 bits per heavy atom. The summed E-state index contributed by atoms with van der Waals surface area (Å²) in [6, 6.07) is 13.3. The van der Waals surface area contributed by atoms with Crippen LogP contribution in [0.25, 0.3) is 0 Å². The molecule has 0 saturated carbocycles. The third kappa shape index (κ3) is 2.76. The first kappa shape index (κ1) is 13.6. The molecule has 2 aromatic rings. The van der Waals surface area contributed by atoms with E-state index in [2.05, 4.69) is 5.32 Å². The highest BCUT2D eigenvalue weighted by molar-refractivity contribution is 5.99. The number of carbonyl (C=O) groups excluding carboxylic acids is 1. The molecule has 0 aliphatic carbocycles. The van der Waals surface area contributed by atoms with Crippen LogP contribution in [0.5, 0.6) is 5.75 Å². The van der Waals surface area contributed by atoms with E-state index in [9.17, 15) is 9.90 Å². The summed E-state index contributed by atoms with van der Waals surface area (Å²) >= 11 is 0. The molecule has 0 aromatic heterocycles. The van der Waals surface area contributed by atoms with Crippen LogP contribution in [0.4, 0.5) is 5.69 Å². The molecule has 1 aliphatic rings. The van der Waals surface area contributed by atoms with Crippen molar-refractivity contribution in [2.45, 2.75) is 18.9 Å². The Balaban J connectivity index is 1.81. The van der Waals surface area contributed by atoms with Crippen molar-refractivity contribution in [3.8, 4) is 5.75 Å². The lowest BCUT2D eigenvalue weighted by atomic mass is 9.98. The van der Waals surface area contributed by atoms with Crippen molar-refractivity contribution in [1.82, 2.24) is 0 Å². The predicted octanol–water partition coefficient (Wildman–Crippen LogP) is 2.47. The highest BCUT2D eigenvalue weighted by Gasteiger charge is 2.19. The molecule has 1 unspecified atom stereocenters. The van der Waals surface area contributed by atoms with Gasteiger partial charge >= 0.3 is 0 Å². The molecule has 2 aromatic carbocycles. The summed E-state index contributed by atoms with van der Waals surface area (Å²) in [6.07, 6.45) is 0.233. The Morgan fingerprint density at radius 3 is 2.90 bits per heavy atom. The van der Waals surface area contributed by atoms with Gasteiger partial charge < -0.3 is 15.2 Å². The number of carbonyl (C=O) groups is 1. The molecule has 1 aliphatic heterocycles. The van der Waals surface area contributed by atoms with E-state index in [1.54, 1.807) is 7.11 Å². The van der Waals surface area contributed by atoms with Crippen molar-refractivity contribution in [3.63, 3.8) is 0 Å². The molecule has 4 heteroatoms. The van der Waals surface area contributed by atoms with Crippen molar-refractivity contribution in [3.05, 3.63) is 59.2 Å². The second kappa shape index (κ2) is 5.58. The number of para-hydroxylation sites is 1. The number of fused-ring (bicyclic) bond motifs is 1. The van der Waals surface area contributed by atoms with Crippen LogP contribution in [0.1, 0.15) is 22.8 Å². The minimum atomic E-state index is -0.623. The molecule has 108 valence electrons. The van der Waals surface area contributed by atoms with Crippen LogP contribution in [0.2, 0.25) is 0 Å². The standard InChI is InChI=1S/C17H17NO3/c1-21-16-5-3-2-4-12(16)9-15(19)11-6-7-14-13(8-11)10-17(20)18-14/h2-8,15,19H,9-10H2,1H3,(H,18,20). The Morgan fingerprint density at radius 2 is 2.10 bits per heavy atom. The molecular formula is C17H17NO3. The van der Waals surface area contributed by atoms with E-state index in [4.69, 9.17) is 4.74 Å². The summed E-state index contributed by atoms with van der Waals surface area (Å²) in [4.78, 5) is 11.4. The molecule has 0 fully saturated rings. The molecule has 21 heavy (non-hydrogen) atoms. The monoisotopic (exact) mass is 283 g/mol. The number of rotatable bonds is 4. The third-order valence-corrected chi connectivity index (χ3v) is 3.74. The normalized spacial score (nSPS) is 14.5. The Kier molecular flexibility index (Phi) is 3.62. The summed E-state index contributed by atoms with van der Waals surface area (Å²) in [5, 5.41) is 13.2. The number of nitrogens with one attached hydrogen (secondary N) is 1. The van der Waals surface area contributed by atoms with Gasteiger partial charge in [0.25, 0.3) is 0 Å². The number of hydrogen-bond acceptors (Lipinski definition) is 3. The lowest BCUT2D eigenvalue weighted by Gasteiger charge is -2.14. The number of aliphatic hydroxyl groups is 1. The van der Waals surface area contributed by atoms with Crippen LogP contribution in [0.3, 0.4) is 0 Å². The summed E-state index contributed by atoms with van der Waals surface area (Å²) in [5.74, 6) is 0.774. The largest absolute Gasteiger partial charge is 0.496 e. The van der Waals surface area contributed by atoms with Crippen molar-refractivity contribution < 1.29 is 14.6 Å². The smallest absolute Gasteiger partial charge is 0.228 e. The number of ether oxygens (including phenoxy) is 1. The maximum absolute atomic E-state index is 11.4. The average molecular weight is 283 g/mol. The molecule has 0 saturated heterocycles. The van der Waals surface area contributed by atoms with Crippen LogP contribution >= 0.6 is 0 Å². The van der Waals surface area contributed by atoms with Gasteiger partial charge in [-0.1, -0.05) is 30.3 Å². The lowest BCUT2D eigenvalue weighted by molar-refractivity contribution is -0.115. The molecule has 1 heterocycles. The van der Waals surface area contributed by atoms with Crippen molar-refractivity contribution in [2.75, 3.05) is 12.4 Å². The molecule has 0 spiro atoms. The van der Waals surface area contributed by atoms with Gasteiger partial charge in [0.05, 0.1) is 19.6 Å². The van der Waals surface area contributed by atoms with E-state index in [1.165, 1.54) is 0 Å². The zero-order valence-electron chi connectivity index (χ0n) is 11.8. The van der Waals surface area contributed by atoms with Gasteiger partial charge in [-0.15, -0.1) is 0 Å². The fourth-order valence-corrected chi connectivity index (χ4v) is 2.65. The number of methoxy groups -OCH3 is 1. The lowest BCUT2D eigenvalue weighted by Crippen LogP contribution is -2.03. The van der Waals surface area contributed by atoms with Crippen molar-refractivity contribution >= 4 is 11.6 Å². The highest BCUT2D eigenvalue weighted by Crippen LogP contribution is 2.29. The van der Waals surface area contributed by atoms with Crippen molar-refractivity contribution in [1.29, 1.82) is 0 Å². The van der Waals surface area contributed by atoms with Gasteiger partial charge in [-0.05, 0) is 28.8 Å². The zero-order chi connectivity index (χ0) is 14.8. The highest BCUT2D eigenvalue weighted by atomic mass is 16.5. The van der Waals surface area contributed by atoms with E-state index in [0.29, 0.717) is 12.8 Å². The van der Waals surface area contributed by atoms with Crippen LogP contribution in [0.15, 0.2) is 42.5 Å². The van der Waals surface area contributed by atoms with Crippen LogP contribution in [-0.4, -0.2) is 18.1 Å². The molecule has 1 atom stereocenters. The molecule has 3 rings (SSSR count). The number of anilines is 1. The molecule has 0 bridgehead atoms. The quantitative estimate of drug-likeness (QED) is 0.906. The van der Waals surface area contributed by atoms with Gasteiger partial charge in [0.2, 0.25) is 5.91 Å². The topological polar surface area (TPSA) is 58.6 Å². The first-order valence-electron chi connectivity index (χ1n) is 6.90. The van der Waals surface area contributed by atoms with Crippen LogP contribution < -0.4 is 10.1 Å². The summed E-state index contributed by atoms with van der Waals surface area (Å²) in [7, 11) is 1.62. The molecule has 0 radical (unpaired) electrons. The number of aliphatic hydroxyl groups excluding tert-OH is 1. The first-order valence-corrected chi connectivity index (χ1v) is 6.90. The molecule has 2 N–H and O–H groups in total. The Hall–Kier alpha value is -2.33. The minimum Gasteiger partial charge on any atom is -0.496 e. The number of hydrogen-bond donors (Lipinski definition) is 2. The summed E-state index contributed by atoms with van der Waals surface area (Å²) < 4.78 is 5.30. The Labute approximate surface area is 123 Å². The maximum atomic E-state index is 11.4. The van der Waals surface area contributed by atoms with Gasteiger partial charge in [-0.2, -0.15) is 0 Å². The molecular weight excluding hydrogens is 266 g/mol. The average Bonchev–Trinajstić information content (AvgIpc) is 2.86. The van der Waals surface area contributed by atoms with Gasteiger partial charge in [-0.3, -0.25) is 4.79 Å². The fourth-order valence-electron chi connectivity index (χ4n) is 2.65. The summed E-state index contributed by atoms with van der Waals surface area (Å²) in [5.41, 5.74) is 3.56. The maximum Gasteiger partial charge on any atom is 0.228 e. The summed E-state index contributed by atoms with van der Waals surface area (Å²) in [6.45, 7) is 0. The molecule has 1 amide bonds. The zero-order valence-corrected chi connectivity index (χ0v) is 11.8. The van der Waals surface area contributed by atoms with E-state index in [0.717, 1.165) is 28.1 Å². The van der Waals surface area contributed by atoms with Crippen LogP contribution in [-0.2, 0) is 17.6 Å². The third-order valence-electron chi connectivity index (χ3n) is 3.74. The predicted molar refractivity (Wildman–Crippen MR) is 80.4 cm³/mol. The van der Waals surface area contributed by atoms with E-state index in [1.807, 2.05) is 42.5 Å². The number of amides is 1. The fraction of sp³-hybridized carbons (Fsp3) is 0.235. The second-order valence-corrected chi connectivity index (χ2v) is 5.17. The van der Waals surface area contributed by atoms with Crippen molar-refractivity contribution in [2.24, 2.45) is 0 Å². The van der Waals surface area contributed by atoms with Crippen LogP contribution in [0, 0.1) is 0 Å². The van der Waals surface area contributed by atoms with Gasteiger partial charge in [0.15, 0.2) is 0 Å². The SMILES string of the molecule is COc1ccccc1CC(O)c1ccc2c(c1)CC(=O)N2.